The lowest BCUT2D eigenvalue weighted by Crippen LogP contribution is -2.37. The molecular weight excluding hydrogens is 412 g/mol. The Bertz CT molecular complexity index is 1160. The Morgan fingerprint density at radius 2 is 1.55 bits per heavy atom. The lowest BCUT2D eigenvalue weighted by molar-refractivity contribution is -0.126. The molecule has 3 aromatic rings. The van der Waals surface area contributed by atoms with Crippen molar-refractivity contribution in [3.8, 4) is 0 Å². The van der Waals surface area contributed by atoms with Crippen molar-refractivity contribution >= 4 is 34.8 Å². The summed E-state index contributed by atoms with van der Waals surface area (Å²) in [5, 5.41) is 2.27. The van der Waals surface area contributed by atoms with Gasteiger partial charge in [-0.3, -0.25) is 14.4 Å². The second kappa shape index (κ2) is 7.52. The minimum Gasteiger partial charge on any atom is -0.273 e. The maximum Gasteiger partial charge on any atom is 0.266 e. The zero-order valence-corrected chi connectivity index (χ0v) is 17.9. The number of carbonyl (C=O) groups excluding carboxylic acids is 2. The molecular formula is C25H21ClN2O3. The Hall–Kier alpha value is -3.15. The minimum atomic E-state index is -0.880. The van der Waals surface area contributed by atoms with Crippen LogP contribution in [0.15, 0.2) is 72.8 Å². The van der Waals surface area contributed by atoms with Crippen LogP contribution in [-0.2, 0) is 14.4 Å². The van der Waals surface area contributed by atoms with Crippen LogP contribution in [0.1, 0.15) is 22.7 Å². The smallest absolute Gasteiger partial charge is 0.266 e. The number of hydroxylamine groups is 1. The maximum absolute atomic E-state index is 13.6. The lowest BCUT2D eigenvalue weighted by atomic mass is 9.87. The van der Waals surface area contributed by atoms with Crippen LogP contribution in [-0.4, -0.2) is 17.9 Å². The number of aryl methyl sites for hydroxylation is 2. The molecule has 3 atom stereocenters. The molecule has 0 bridgehead atoms. The largest absolute Gasteiger partial charge is 0.273 e. The van der Waals surface area contributed by atoms with E-state index in [4.69, 9.17) is 16.4 Å². The standard InChI is InChI=1S/C25H21ClN2O3/c1-15-8-13-20(16(2)14-15)22-21-23(31-28(22)19-6-4-3-5-7-19)25(30)27(24(21)29)18-11-9-17(26)10-12-18/h3-14,21-23H,1-2H3/t21-,22+,23+/m1/s1. The summed E-state index contributed by atoms with van der Waals surface area (Å²) in [6.45, 7) is 4.06. The molecule has 2 fully saturated rings. The Morgan fingerprint density at radius 1 is 0.839 bits per heavy atom. The van der Waals surface area contributed by atoms with Crippen LogP contribution >= 0.6 is 11.6 Å². The molecule has 0 N–H and O–H groups in total. The van der Waals surface area contributed by atoms with E-state index >= 15 is 0 Å². The molecule has 2 aliphatic rings. The van der Waals surface area contributed by atoms with E-state index in [1.807, 2.05) is 56.3 Å². The molecule has 5 nitrogen and oxygen atoms in total. The van der Waals surface area contributed by atoms with Crippen molar-refractivity contribution in [2.24, 2.45) is 5.92 Å². The van der Waals surface area contributed by atoms with Crippen molar-refractivity contribution < 1.29 is 14.4 Å². The Labute approximate surface area is 185 Å². The molecule has 2 saturated heterocycles. The first-order valence-corrected chi connectivity index (χ1v) is 10.5. The monoisotopic (exact) mass is 432 g/mol. The summed E-state index contributed by atoms with van der Waals surface area (Å²) in [5.41, 5.74) is 4.48. The fraction of sp³-hybridized carbons (Fsp3) is 0.200. The summed E-state index contributed by atoms with van der Waals surface area (Å²) in [4.78, 5) is 34.3. The highest BCUT2D eigenvalue weighted by molar-refractivity contribution is 6.31. The molecule has 6 heteroatoms. The minimum absolute atomic E-state index is 0.263. The predicted octanol–water partition coefficient (Wildman–Crippen LogP) is 5.01. The second-order valence-corrected chi connectivity index (χ2v) is 8.44. The first-order chi connectivity index (χ1) is 15.0. The fourth-order valence-corrected chi connectivity index (χ4v) is 4.66. The molecule has 5 rings (SSSR count). The molecule has 2 aliphatic heterocycles. The number of anilines is 2. The van der Waals surface area contributed by atoms with Gasteiger partial charge in [0, 0.05) is 5.02 Å². The summed E-state index contributed by atoms with van der Waals surface area (Å²) < 4.78 is 0. The van der Waals surface area contributed by atoms with Crippen LogP contribution < -0.4 is 9.96 Å². The molecule has 0 aliphatic carbocycles. The quantitative estimate of drug-likeness (QED) is 0.546. The first kappa shape index (κ1) is 19.8. The van der Waals surface area contributed by atoms with Gasteiger partial charge < -0.3 is 0 Å². The summed E-state index contributed by atoms with van der Waals surface area (Å²) in [6, 6.07) is 22.0. The third-order valence-corrected chi connectivity index (χ3v) is 6.21. The van der Waals surface area contributed by atoms with Crippen LogP contribution in [0.2, 0.25) is 5.02 Å². The van der Waals surface area contributed by atoms with Gasteiger partial charge in [0.15, 0.2) is 6.10 Å². The number of fused-ring (bicyclic) bond motifs is 1. The number of imide groups is 1. The predicted molar refractivity (Wildman–Crippen MR) is 120 cm³/mol. The summed E-state index contributed by atoms with van der Waals surface area (Å²) >= 11 is 5.99. The molecule has 156 valence electrons. The number of amides is 2. The summed E-state index contributed by atoms with van der Waals surface area (Å²) in [6.07, 6.45) is -0.880. The molecule has 2 amide bonds. The third kappa shape index (κ3) is 3.21. The highest BCUT2D eigenvalue weighted by Gasteiger charge is 2.60. The number of nitrogens with zero attached hydrogens (tertiary/aromatic N) is 2. The van der Waals surface area contributed by atoms with Gasteiger partial charge in [-0.05, 0) is 61.4 Å². The highest BCUT2D eigenvalue weighted by atomic mass is 35.5. The number of rotatable bonds is 3. The number of benzene rings is 3. The lowest BCUT2D eigenvalue weighted by Gasteiger charge is -2.29. The van der Waals surface area contributed by atoms with Gasteiger partial charge in [-0.25, -0.2) is 9.96 Å². The third-order valence-electron chi connectivity index (χ3n) is 5.95. The van der Waals surface area contributed by atoms with Crippen LogP contribution in [0, 0.1) is 19.8 Å². The number of carbonyl (C=O) groups is 2. The molecule has 0 spiro atoms. The van der Waals surface area contributed by atoms with E-state index in [1.54, 1.807) is 29.3 Å². The molecule has 2 heterocycles. The van der Waals surface area contributed by atoms with E-state index < -0.39 is 18.1 Å². The number of halogens is 1. The summed E-state index contributed by atoms with van der Waals surface area (Å²) in [5.74, 6) is -1.27. The molecule has 3 aromatic carbocycles. The number of para-hydroxylation sites is 1. The zero-order chi connectivity index (χ0) is 21.7. The van der Waals surface area contributed by atoms with Gasteiger partial charge in [0.25, 0.3) is 5.91 Å². The van der Waals surface area contributed by atoms with Crippen LogP contribution in [0.5, 0.6) is 0 Å². The Kier molecular flexibility index (Phi) is 4.80. The van der Waals surface area contributed by atoms with Crippen molar-refractivity contribution in [1.29, 1.82) is 0 Å². The van der Waals surface area contributed by atoms with Crippen LogP contribution in [0.4, 0.5) is 11.4 Å². The molecule has 0 radical (unpaired) electrons. The molecule has 0 saturated carbocycles. The highest BCUT2D eigenvalue weighted by Crippen LogP contribution is 2.48. The van der Waals surface area contributed by atoms with Crippen molar-refractivity contribution in [1.82, 2.24) is 0 Å². The zero-order valence-electron chi connectivity index (χ0n) is 17.2. The van der Waals surface area contributed by atoms with E-state index in [0.29, 0.717) is 10.7 Å². The van der Waals surface area contributed by atoms with E-state index in [-0.39, 0.29) is 11.8 Å². The van der Waals surface area contributed by atoms with Gasteiger partial charge in [-0.2, -0.15) is 0 Å². The first-order valence-electron chi connectivity index (χ1n) is 10.2. The van der Waals surface area contributed by atoms with E-state index in [1.165, 1.54) is 4.90 Å². The Morgan fingerprint density at radius 3 is 2.23 bits per heavy atom. The van der Waals surface area contributed by atoms with Gasteiger partial charge >= 0.3 is 0 Å². The topological polar surface area (TPSA) is 49.9 Å². The molecule has 0 aromatic heterocycles. The van der Waals surface area contributed by atoms with E-state index in [2.05, 4.69) is 6.07 Å². The van der Waals surface area contributed by atoms with Gasteiger partial charge in [-0.15, -0.1) is 0 Å². The fourth-order valence-electron chi connectivity index (χ4n) is 4.53. The molecule has 31 heavy (non-hydrogen) atoms. The van der Waals surface area contributed by atoms with E-state index in [9.17, 15) is 9.59 Å². The van der Waals surface area contributed by atoms with E-state index in [0.717, 1.165) is 22.4 Å². The average Bonchev–Trinajstić information content (AvgIpc) is 3.26. The second-order valence-electron chi connectivity index (χ2n) is 8.01. The molecule has 0 unspecified atom stereocenters. The maximum atomic E-state index is 13.6. The Balaban J connectivity index is 1.61. The SMILES string of the molecule is Cc1ccc([C@H]2[C@H]3C(=O)N(c4ccc(Cl)cc4)C(=O)[C@H]3ON2c2ccccc2)c(C)c1. The van der Waals surface area contributed by atoms with Crippen LogP contribution in [0.3, 0.4) is 0 Å². The number of hydrogen-bond acceptors (Lipinski definition) is 4. The number of hydrogen-bond donors (Lipinski definition) is 0. The van der Waals surface area contributed by atoms with Gasteiger partial charge in [0.2, 0.25) is 5.91 Å². The van der Waals surface area contributed by atoms with Gasteiger partial charge in [0.1, 0.15) is 5.92 Å². The van der Waals surface area contributed by atoms with Crippen molar-refractivity contribution in [3.05, 3.63) is 94.5 Å². The van der Waals surface area contributed by atoms with Crippen molar-refractivity contribution in [3.63, 3.8) is 0 Å². The van der Waals surface area contributed by atoms with Crippen molar-refractivity contribution in [2.75, 3.05) is 9.96 Å². The van der Waals surface area contributed by atoms with Gasteiger partial charge in [0.05, 0.1) is 17.4 Å². The normalized spacial score (nSPS) is 22.9. The van der Waals surface area contributed by atoms with Crippen molar-refractivity contribution in [2.45, 2.75) is 26.0 Å². The van der Waals surface area contributed by atoms with Crippen LogP contribution in [0.25, 0.3) is 0 Å². The average molecular weight is 433 g/mol. The summed E-state index contributed by atoms with van der Waals surface area (Å²) in [7, 11) is 0. The van der Waals surface area contributed by atoms with Gasteiger partial charge in [-0.1, -0.05) is 53.6 Å².